The van der Waals surface area contributed by atoms with Crippen molar-refractivity contribution in [3.8, 4) is 0 Å². The molecular formula is C16H16ClN3O2. The van der Waals surface area contributed by atoms with Gasteiger partial charge in [0.2, 0.25) is 11.8 Å². The average molecular weight is 318 g/mol. The van der Waals surface area contributed by atoms with E-state index in [9.17, 15) is 9.59 Å². The molecule has 0 radical (unpaired) electrons. The van der Waals surface area contributed by atoms with Gasteiger partial charge in [-0.25, -0.2) is 0 Å². The van der Waals surface area contributed by atoms with Gasteiger partial charge in [-0.1, -0.05) is 23.7 Å². The molecule has 1 aromatic carbocycles. The van der Waals surface area contributed by atoms with Crippen molar-refractivity contribution in [1.29, 1.82) is 0 Å². The summed E-state index contributed by atoms with van der Waals surface area (Å²) in [5.41, 5.74) is 2.23. The van der Waals surface area contributed by atoms with Crippen LogP contribution in [-0.2, 0) is 16.1 Å². The SMILES string of the molecule is Cc1ccc(NC(=O)CC(=O)NCc2ccccn2)cc1Cl. The lowest BCUT2D eigenvalue weighted by Gasteiger charge is -2.07. The molecule has 0 aliphatic heterocycles. The van der Waals surface area contributed by atoms with E-state index in [1.54, 1.807) is 36.5 Å². The van der Waals surface area contributed by atoms with Gasteiger partial charge in [-0.05, 0) is 36.8 Å². The normalized spacial score (nSPS) is 10.1. The first-order valence-electron chi connectivity index (χ1n) is 6.77. The fraction of sp³-hybridized carbons (Fsp3) is 0.188. The molecular weight excluding hydrogens is 302 g/mol. The lowest BCUT2D eigenvalue weighted by atomic mass is 10.2. The van der Waals surface area contributed by atoms with Gasteiger partial charge >= 0.3 is 0 Å². The molecule has 0 spiro atoms. The van der Waals surface area contributed by atoms with E-state index in [1.807, 2.05) is 13.0 Å². The molecule has 0 fully saturated rings. The highest BCUT2D eigenvalue weighted by atomic mass is 35.5. The average Bonchev–Trinajstić information content (AvgIpc) is 2.50. The minimum absolute atomic E-state index is 0.252. The second-order valence-electron chi connectivity index (χ2n) is 4.79. The molecule has 2 rings (SSSR count). The topological polar surface area (TPSA) is 71.1 Å². The number of hydrogen-bond acceptors (Lipinski definition) is 3. The molecule has 0 bridgehead atoms. The van der Waals surface area contributed by atoms with Crippen LogP contribution < -0.4 is 10.6 Å². The van der Waals surface area contributed by atoms with E-state index in [0.29, 0.717) is 17.3 Å². The van der Waals surface area contributed by atoms with Gasteiger partial charge in [-0.3, -0.25) is 14.6 Å². The number of nitrogens with zero attached hydrogens (tertiary/aromatic N) is 1. The van der Waals surface area contributed by atoms with E-state index in [0.717, 1.165) is 11.3 Å². The Hall–Kier alpha value is -2.40. The van der Waals surface area contributed by atoms with Crippen molar-refractivity contribution in [1.82, 2.24) is 10.3 Å². The minimum atomic E-state index is -0.390. The van der Waals surface area contributed by atoms with Gasteiger partial charge in [-0.2, -0.15) is 0 Å². The fourth-order valence-corrected chi connectivity index (χ4v) is 1.96. The molecule has 0 saturated carbocycles. The van der Waals surface area contributed by atoms with Gasteiger partial charge in [0.15, 0.2) is 0 Å². The number of pyridine rings is 1. The number of benzene rings is 1. The van der Waals surface area contributed by atoms with Gasteiger partial charge in [-0.15, -0.1) is 0 Å². The van der Waals surface area contributed by atoms with Crippen molar-refractivity contribution in [3.63, 3.8) is 0 Å². The summed E-state index contributed by atoms with van der Waals surface area (Å²) in [7, 11) is 0. The molecule has 0 aliphatic rings. The van der Waals surface area contributed by atoms with Crippen LogP contribution in [0, 0.1) is 6.92 Å². The molecule has 22 heavy (non-hydrogen) atoms. The van der Waals surface area contributed by atoms with E-state index >= 15 is 0 Å². The standard InChI is InChI=1S/C16H16ClN3O2/c1-11-5-6-12(8-14(11)17)20-16(22)9-15(21)19-10-13-4-2-3-7-18-13/h2-8H,9-10H2,1H3,(H,19,21)(H,20,22). The summed E-state index contributed by atoms with van der Waals surface area (Å²) >= 11 is 5.98. The molecule has 0 saturated heterocycles. The molecule has 114 valence electrons. The zero-order valence-electron chi connectivity index (χ0n) is 12.1. The van der Waals surface area contributed by atoms with Crippen molar-refractivity contribution in [2.45, 2.75) is 19.9 Å². The highest BCUT2D eigenvalue weighted by Gasteiger charge is 2.10. The van der Waals surface area contributed by atoms with Gasteiger partial charge in [0, 0.05) is 16.9 Å². The molecule has 1 aromatic heterocycles. The van der Waals surface area contributed by atoms with Crippen LogP contribution >= 0.6 is 11.6 Å². The maximum Gasteiger partial charge on any atom is 0.233 e. The fourth-order valence-electron chi connectivity index (χ4n) is 1.78. The van der Waals surface area contributed by atoms with E-state index < -0.39 is 5.91 Å². The van der Waals surface area contributed by atoms with E-state index in [1.165, 1.54) is 0 Å². The number of carbonyl (C=O) groups is 2. The van der Waals surface area contributed by atoms with Crippen LogP contribution in [0.5, 0.6) is 0 Å². The van der Waals surface area contributed by atoms with Crippen molar-refractivity contribution < 1.29 is 9.59 Å². The van der Waals surface area contributed by atoms with Crippen molar-refractivity contribution in [2.24, 2.45) is 0 Å². The lowest BCUT2D eigenvalue weighted by molar-refractivity contribution is -0.126. The van der Waals surface area contributed by atoms with Crippen LogP contribution in [-0.4, -0.2) is 16.8 Å². The summed E-state index contributed by atoms with van der Waals surface area (Å²) in [5.74, 6) is -0.750. The molecule has 2 amide bonds. The zero-order chi connectivity index (χ0) is 15.9. The van der Waals surface area contributed by atoms with Crippen molar-refractivity contribution in [2.75, 3.05) is 5.32 Å². The van der Waals surface area contributed by atoms with Crippen LogP contribution in [0.3, 0.4) is 0 Å². The quantitative estimate of drug-likeness (QED) is 0.833. The Bertz CT molecular complexity index is 674. The summed E-state index contributed by atoms with van der Waals surface area (Å²) in [4.78, 5) is 27.6. The highest BCUT2D eigenvalue weighted by molar-refractivity contribution is 6.31. The number of aryl methyl sites for hydroxylation is 1. The third-order valence-corrected chi connectivity index (χ3v) is 3.38. The number of nitrogens with one attached hydrogen (secondary N) is 2. The zero-order valence-corrected chi connectivity index (χ0v) is 12.9. The Balaban J connectivity index is 1.81. The molecule has 2 N–H and O–H groups in total. The number of halogens is 1. The first-order chi connectivity index (χ1) is 10.5. The molecule has 0 aliphatic carbocycles. The summed E-state index contributed by atoms with van der Waals surface area (Å²) in [5, 5.41) is 5.85. The first-order valence-corrected chi connectivity index (χ1v) is 7.15. The molecule has 5 nitrogen and oxygen atoms in total. The Kier molecular flexibility index (Phi) is 5.49. The summed E-state index contributed by atoms with van der Waals surface area (Å²) < 4.78 is 0. The van der Waals surface area contributed by atoms with Crippen molar-refractivity contribution >= 4 is 29.1 Å². The second-order valence-corrected chi connectivity index (χ2v) is 5.19. The molecule has 1 heterocycles. The molecule has 2 aromatic rings. The van der Waals surface area contributed by atoms with Gasteiger partial charge in [0.25, 0.3) is 0 Å². The third kappa shape index (κ3) is 4.86. The number of aromatic nitrogens is 1. The smallest absolute Gasteiger partial charge is 0.233 e. The van der Waals surface area contributed by atoms with Crippen LogP contribution in [0.4, 0.5) is 5.69 Å². The number of anilines is 1. The summed E-state index contributed by atoms with van der Waals surface area (Å²) in [6.45, 7) is 2.17. The number of rotatable bonds is 5. The van der Waals surface area contributed by atoms with E-state index in [-0.39, 0.29) is 12.3 Å². The predicted octanol–water partition coefficient (Wildman–Crippen LogP) is 2.69. The minimum Gasteiger partial charge on any atom is -0.350 e. The van der Waals surface area contributed by atoms with Crippen LogP contribution in [0.2, 0.25) is 5.02 Å². The van der Waals surface area contributed by atoms with Gasteiger partial charge in [0.05, 0.1) is 12.2 Å². The predicted molar refractivity (Wildman–Crippen MR) is 85.5 cm³/mol. The summed E-state index contributed by atoms with van der Waals surface area (Å²) in [6, 6.07) is 10.6. The summed E-state index contributed by atoms with van der Waals surface area (Å²) in [6.07, 6.45) is 1.40. The highest BCUT2D eigenvalue weighted by Crippen LogP contribution is 2.19. The number of carbonyl (C=O) groups excluding carboxylic acids is 2. The monoisotopic (exact) mass is 317 g/mol. The van der Waals surface area contributed by atoms with Crippen molar-refractivity contribution in [3.05, 3.63) is 58.9 Å². The maximum absolute atomic E-state index is 11.8. The van der Waals surface area contributed by atoms with Crippen LogP contribution in [0.25, 0.3) is 0 Å². The number of hydrogen-bond donors (Lipinski definition) is 2. The molecule has 0 unspecified atom stereocenters. The van der Waals surface area contributed by atoms with Gasteiger partial charge < -0.3 is 10.6 Å². The van der Waals surface area contributed by atoms with Crippen LogP contribution in [0.1, 0.15) is 17.7 Å². The van der Waals surface area contributed by atoms with E-state index in [2.05, 4.69) is 15.6 Å². The first kappa shape index (κ1) is 16.0. The Morgan fingerprint density at radius 1 is 1.18 bits per heavy atom. The van der Waals surface area contributed by atoms with Gasteiger partial charge in [0.1, 0.15) is 6.42 Å². The Morgan fingerprint density at radius 3 is 2.68 bits per heavy atom. The second kappa shape index (κ2) is 7.56. The molecule has 0 atom stereocenters. The Labute approximate surface area is 133 Å². The largest absolute Gasteiger partial charge is 0.350 e. The van der Waals surface area contributed by atoms with E-state index in [4.69, 9.17) is 11.6 Å². The molecule has 6 heteroatoms. The number of amides is 2. The van der Waals surface area contributed by atoms with Crippen LogP contribution in [0.15, 0.2) is 42.6 Å². The maximum atomic E-state index is 11.8. The Morgan fingerprint density at radius 2 is 2.00 bits per heavy atom. The third-order valence-electron chi connectivity index (χ3n) is 2.97. The lowest BCUT2D eigenvalue weighted by Crippen LogP contribution is -2.28.